The molecule has 0 unspecified atom stereocenters. The van der Waals surface area contributed by atoms with E-state index >= 15 is 0 Å². The maximum Gasteiger partial charge on any atom is 0.0673 e. The summed E-state index contributed by atoms with van der Waals surface area (Å²) in [4.78, 5) is 0. The molecule has 0 atom stereocenters. The van der Waals surface area contributed by atoms with Crippen molar-refractivity contribution < 1.29 is 0 Å². The van der Waals surface area contributed by atoms with Crippen molar-refractivity contribution >= 4 is 11.6 Å². The molecular weight excluding hydrogens is 210 g/mol. The normalized spacial score (nSPS) is 14.7. The van der Waals surface area contributed by atoms with Crippen LogP contribution >= 0.6 is 11.6 Å². The zero-order chi connectivity index (χ0) is 10.7. The smallest absolute Gasteiger partial charge is 0.0673 e. The number of benzene rings is 1. The number of hydrogen-bond donors (Lipinski definition) is 2. The minimum atomic E-state index is 0.755. The maximum absolute atomic E-state index is 5.90. The Balaban J connectivity index is 2.04. The van der Waals surface area contributed by atoms with Crippen molar-refractivity contribution in [3.05, 3.63) is 59.4 Å². The van der Waals surface area contributed by atoms with E-state index in [0.717, 1.165) is 22.8 Å². The van der Waals surface area contributed by atoms with Crippen molar-refractivity contribution in [3.63, 3.8) is 0 Å². The van der Waals surface area contributed by atoms with Crippen LogP contribution in [0.2, 0.25) is 5.02 Å². The highest BCUT2D eigenvalue weighted by Gasteiger charge is 2.08. The van der Waals surface area contributed by atoms with Crippen molar-refractivity contribution in [1.82, 2.24) is 16.0 Å². The lowest BCUT2D eigenvalue weighted by Crippen LogP contribution is -2.35. The highest BCUT2D eigenvalue weighted by molar-refractivity contribution is 6.30. The van der Waals surface area contributed by atoms with Gasteiger partial charge in [-0.15, -0.1) is 5.53 Å². The lowest BCUT2D eigenvalue weighted by atomic mass is 10.2. The van der Waals surface area contributed by atoms with Crippen molar-refractivity contribution in [1.29, 1.82) is 0 Å². The molecule has 15 heavy (non-hydrogen) atoms. The summed E-state index contributed by atoms with van der Waals surface area (Å²) in [5.41, 5.74) is 8.09. The summed E-state index contributed by atoms with van der Waals surface area (Å²) in [6.07, 6.45) is 3.71. The van der Waals surface area contributed by atoms with Gasteiger partial charge in [0, 0.05) is 11.2 Å². The number of halogens is 1. The van der Waals surface area contributed by atoms with Gasteiger partial charge in [-0.1, -0.05) is 30.3 Å². The first-order valence-corrected chi connectivity index (χ1v) is 5.03. The first-order chi connectivity index (χ1) is 7.28. The molecular formula is C11H12ClN3. The molecule has 0 amide bonds. The van der Waals surface area contributed by atoms with Gasteiger partial charge in [-0.05, 0) is 23.8 Å². The Hall–Kier alpha value is -1.45. The molecule has 2 N–H and O–H groups in total. The molecule has 0 aromatic heterocycles. The molecule has 0 spiro atoms. The van der Waals surface area contributed by atoms with Crippen LogP contribution in [0.15, 0.2) is 48.8 Å². The number of nitrogens with zero attached hydrogens (tertiary/aromatic N) is 1. The Morgan fingerprint density at radius 1 is 1.47 bits per heavy atom. The van der Waals surface area contributed by atoms with Gasteiger partial charge in [0.15, 0.2) is 0 Å². The molecule has 2 rings (SSSR count). The van der Waals surface area contributed by atoms with E-state index in [2.05, 4.69) is 17.5 Å². The van der Waals surface area contributed by atoms with Crippen LogP contribution < -0.4 is 11.0 Å². The molecule has 0 saturated carbocycles. The van der Waals surface area contributed by atoms with E-state index in [1.165, 1.54) is 0 Å². The van der Waals surface area contributed by atoms with Gasteiger partial charge < -0.3 is 5.43 Å². The van der Waals surface area contributed by atoms with Crippen LogP contribution in [0, 0.1) is 0 Å². The number of hydrogen-bond acceptors (Lipinski definition) is 3. The van der Waals surface area contributed by atoms with E-state index in [-0.39, 0.29) is 0 Å². The molecule has 1 aromatic carbocycles. The molecule has 1 aliphatic heterocycles. The molecule has 0 radical (unpaired) electrons. The van der Waals surface area contributed by atoms with Crippen molar-refractivity contribution in [3.8, 4) is 0 Å². The largest absolute Gasteiger partial charge is 0.302 e. The maximum atomic E-state index is 5.90. The summed E-state index contributed by atoms with van der Waals surface area (Å²) >= 11 is 5.90. The van der Waals surface area contributed by atoms with E-state index in [4.69, 9.17) is 11.6 Å². The van der Waals surface area contributed by atoms with E-state index in [1.807, 2.05) is 35.5 Å². The molecule has 0 saturated heterocycles. The fourth-order valence-corrected chi connectivity index (χ4v) is 1.60. The molecule has 3 nitrogen and oxygen atoms in total. The SMILES string of the molecule is C=CC1=CN(Cc2cccc(Cl)c2)NN1. The van der Waals surface area contributed by atoms with Gasteiger partial charge in [0.2, 0.25) is 0 Å². The van der Waals surface area contributed by atoms with Gasteiger partial charge in [0.1, 0.15) is 0 Å². The second-order valence-corrected chi connectivity index (χ2v) is 3.72. The fraction of sp³-hybridized carbons (Fsp3) is 0.0909. The van der Waals surface area contributed by atoms with Gasteiger partial charge in [0.05, 0.1) is 12.2 Å². The standard InChI is InChI=1S/C11H12ClN3/c1-2-11-8-15(14-13-11)7-9-4-3-5-10(12)6-9/h2-6,8,13-14H,1,7H2. The van der Waals surface area contributed by atoms with Crippen LogP contribution in [0.5, 0.6) is 0 Å². The van der Waals surface area contributed by atoms with Crippen LogP contribution in [-0.4, -0.2) is 5.01 Å². The Morgan fingerprint density at radius 2 is 2.33 bits per heavy atom. The number of allylic oxidation sites excluding steroid dienone is 1. The third kappa shape index (κ3) is 2.52. The Morgan fingerprint density at radius 3 is 3.00 bits per heavy atom. The average molecular weight is 222 g/mol. The van der Waals surface area contributed by atoms with Crippen LogP contribution in [-0.2, 0) is 6.54 Å². The van der Waals surface area contributed by atoms with Crippen LogP contribution in [0.4, 0.5) is 0 Å². The third-order valence-electron chi connectivity index (χ3n) is 2.10. The zero-order valence-electron chi connectivity index (χ0n) is 8.20. The number of rotatable bonds is 3. The fourth-order valence-electron chi connectivity index (χ4n) is 1.39. The highest BCUT2D eigenvalue weighted by Crippen LogP contribution is 2.13. The van der Waals surface area contributed by atoms with E-state index in [9.17, 15) is 0 Å². The predicted molar refractivity (Wildman–Crippen MR) is 61.5 cm³/mol. The predicted octanol–water partition coefficient (Wildman–Crippen LogP) is 2.19. The highest BCUT2D eigenvalue weighted by atomic mass is 35.5. The second kappa shape index (κ2) is 4.38. The minimum absolute atomic E-state index is 0.755. The van der Waals surface area contributed by atoms with Gasteiger partial charge in [0.25, 0.3) is 0 Å². The van der Waals surface area contributed by atoms with Crippen LogP contribution in [0.1, 0.15) is 5.56 Å². The molecule has 0 aliphatic carbocycles. The summed E-state index contributed by atoms with van der Waals surface area (Å²) in [6, 6.07) is 7.79. The summed E-state index contributed by atoms with van der Waals surface area (Å²) in [6.45, 7) is 4.43. The molecule has 78 valence electrons. The Bertz CT molecular complexity index is 401. The van der Waals surface area contributed by atoms with Crippen molar-refractivity contribution in [2.45, 2.75) is 6.54 Å². The zero-order valence-corrected chi connectivity index (χ0v) is 8.96. The second-order valence-electron chi connectivity index (χ2n) is 3.28. The summed E-state index contributed by atoms with van der Waals surface area (Å²) in [7, 11) is 0. The topological polar surface area (TPSA) is 27.3 Å². The van der Waals surface area contributed by atoms with Gasteiger partial charge in [-0.25, -0.2) is 0 Å². The third-order valence-corrected chi connectivity index (χ3v) is 2.34. The summed E-state index contributed by atoms with van der Waals surface area (Å²) in [5, 5.41) is 2.69. The number of hydrazine groups is 2. The van der Waals surface area contributed by atoms with E-state index in [0.29, 0.717) is 0 Å². The minimum Gasteiger partial charge on any atom is -0.302 e. The first kappa shape index (κ1) is 10.1. The van der Waals surface area contributed by atoms with Gasteiger partial charge in [-0.2, -0.15) is 0 Å². The van der Waals surface area contributed by atoms with Gasteiger partial charge in [-0.3, -0.25) is 5.01 Å². The van der Waals surface area contributed by atoms with Crippen molar-refractivity contribution in [2.75, 3.05) is 0 Å². The average Bonchev–Trinajstić information content (AvgIpc) is 2.65. The summed E-state index contributed by atoms with van der Waals surface area (Å²) < 4.78 is 0. The molecule has 4 heteroatoms. The first-order valence-electron chi connectivity index (χ1n) is 4.65. The molecule has 0 fully saturated rings. The van der Waals surface area contributed by atoms with E-state index in [1.54, 1.807) is 6.08 Å². The van der Waals surface area contributed by atoms with Crippen molar-refractivity contribution in [2.24, 2.45) is 0 Å². The Labute approximate surface area is 94.0 Å². The monoisotopic (exact) mass is 221 g/mol. The lowest BCUT2D eigenvalue weighted by Gasteiger charge is -2.14. The number of nitrogens with one attached hydrogen (secondary N) is 2. The molecule has 1 aliphatic rings. The van der Waals surface area contributed by atoms with Crippen LogP contribution in [0.3, 0.4) is 0 Å². The molecule has 1 heterocycles. The molecule has 1 aromatic rings. The lowest BCUT2D eigenvalue weighted by molar-refractivity contribution is 0.263. The van der Waals surface area contributed by atoms with Crippen LogP contribution in [0.25, 0.3) is 0 Å². The summed E-state index contributed by atoms with van der Waals surface area (Å²) in [5.74, 6) is 0. The van der Waals surface area contributed by atoms with E-state index < -0.39 is 0 Å². The molecule has 0 bridgehead atoms. The van der Waals surface area contributed by atoms with Gasteiger partial charge >= 0.3 is 0 Å². The Kier molecular flexibility index (Phi) is 2.94. The quantitative estimate of drug-likeness (QED) is 0.820.